The molecule has 7 aromatic rings. The van der Waals surface area contributed by atoms with Crippen LogP contribution < -0.4 is 0 Å². The number of fused-ring (bicyclic) bond motifs is 4. The second-order valence-electron chi connectivity index (χ2n) is 7.65. The van der Waals surface area contributed by atoms with Crippen LogP contribution in [0.5, 0.6) is 0 Å². The number of hydrogen-bond acceptors (Lipinski definition) is 2. The molecule has 0 fully saturated rings. The minimum atomic E-state index is 1.08. The fraction of sp³-hybridized carbons (Fsp3) is 0. The molecular weight excluding hydrogens is 384 g/mol. The molecule has 0 bridgehead atoms. The summed E-state index contributed by atoms with van der Waals surface area (Å²) >= 11 is 1.84. The normalized spacial score (nSPS) is 12.0. The number of hydrogen-bond donors (Lipinski definition) is 0. The van der Waals surface area contributed by atoms with E-state index in [0.717, 1.165) is 5.52 Å². The molecule has 140 valence electrons. The maximum Gasteiger partial charge on any atom is 0.0887 e. The zero-order valence-corrected chi connectivity index (χ0v) is 16.9. The smallest absolute Gasteiger partial charge is 0.0887 e. The molecule has 0 unspecified atom stereocenters. The number of para-hydroxylation sites is 1. The van der Waals surface area contributed by atoms with Crippen molar-refractivity contribution in [3.05, 3.63) is 97.2 Å². The third-order valence-electron chi connectivity index (χ3n) is 6.01. The lowest BCUT2D eigenvalue weighted by atomic mass is 10.1. The first-order chi connectivity index (χ1) is 14.9. The standard InChI is InChI=1S/C27H16N2S/c1-2-9-18(10-3-1)29-21-13-6-12-20-24(21)25-22(29)14-7-15-23(25)30-27-19-11-5-4-8-17(19)16-28-26(20)27/h1-16H. The van der Waals surface area contributed by atoms with E-state index >= 15 is 0 Å². The highest BCUT2D eigenvalue weighted by molar-refractivity contribution is 7.25. The van der Waals surface area contributed by atoms with E-state index in [1.807, 2.05) is 17.5 Å². The summed E-state index contributed by atoms with van der Waals surface area (Å²) in [7, 11) is 0. The summed E-state index contributed by atoms with van der Waals surface area (Å²) in [6.07, 6.45) is 2.01. The molecule has 30 heavy (non-hydrogen) atoms. The Kier molecular flexibility index (Phi) is 3.18. The van der Waals surface area contributed by atoms with Gasteiger partial charge in [0.2, 0.25) is 0 Å². The maximum atomic E-state index is 4.95. The number of rotatable bonds is 1. The van der Waals surface area contributed by atoms with E-state index in [4.69, 9.17) is 4.98 Å². The van der Waals surface area contributed by atoms with Gasteiger partial charge in [-0.05, 0) is 30.3 Å². The average Bonchev–Trinajstić information content (AvgIpc) is 3.07. The Morgan fingerprint density at radius 3 is 2.27 bits per heavy atom. The van der Waals surface area contributed by atoms with Gasteiger partial charge in [0.05, 0.1) is 21.3 Å². The Morgan fingerprint density at radius 2 is 1.37 bits per heavy atom. The van der Waals surface area contributed by atoms with Crippen LogP contribution in [0.1, 0.15) is 0 Å². The van der Waals surface area contributed by atoms with Crippen molar-refractivity contribution in [2.45, 2.75) is 0 Å². The number of pyridine rings is 1. The molecule has 0 aliphatic carbocycles. The van der Waals surface area contributed by atoms with Crippen molar-refractivity contribution in [3.63, 3.8) is 0 Å². The van der Waals surface area contributed by atoms with Crippen LogP contribution in [0.15, 0.2) is 97.2 Å². The topological polar surface area (TPSA) is 17.8 Å². The van der Waals surface area contributed by atoms with E-state index in [9.17, 15) is 0 Å². The molecule has 0 atom stereocenters. The Hall–Kier alpha value is -3.69. The Balaban J connectivity index is 1.82. The van der Waals surface area contributed by atoms with Crippen LogP contribution in [-0.2, 0) is 0 Å². The first kappa shape index (κ1) is 16.1. The summed E-state index contributed by atoms with van der Waals surface area (Å²) in [4.78, 5) is 4.95. The van der Waals surface area contributed by atoms with Gasteiger partial charge in [0.25, 0.3) is 0 Å². The van der Waals surface area contributed by atoms with Gasteiger partial charge in [-0.2, -0.15) is 0 Å². The molecular formula is C27H16N2S. The summed E-state index contributed by atoms with van der Waals surface area (Å²) in [5, 5.41) is 6.28. The third kappa shape index (κ3) is 2.05. The van der Waals surface area contributed by atoms with E-state index in [1.54, 1.807) is 0 Å². The van der Waals surface area contributed by atoms with Gasteiger partial charge in [-0.1, -0.05) is 60.7 Å². The molecule has 3 heterocycles. The van der Waals surface area contributed by atoms with E-state index in [1.165, 1.54) is 53.1 Å². The molecule has 4 aromatic carbocycles. The number of nitrogens with zero attached hydrogens (tertiary/aromatic N) is 2. The van der Waals surface area contributed by atoms with Gasteiger partial charge in [-0.3, -0.25) is 4.98 Å². The molecule has 7 rings (SSSR count). The van der Waals surface area contributed by atoms with Gasteiger partial charge >= 0.3 is 0 Å². The van der Waals surface area contributed by atoms with E-state index in [0.29, 0.717) is 0 Å². The van der Waals surface area contributed by atoms with Crippen LogP contribution in [0, 0.1) is 0 Å². The third-order valence-corrected chi connectivity index (χ3v) is 7.19. The molecule has 0 aliphatic rings. The van der Waals surface area contributed by atoms with Gasteiger partial charge in [0.1, 0.15) is 0 Å². The van der Waals surface area contributed by atoms with Crippen LogP contribution in [0.25, 0.3) is 58.6 Å². The van der Waals surface area contributed by atoms with Crippen molar-refractivity contribution < 1.29 is 0 Å². The second kappa shape index (κ2) is 5.91. The summed E-state index contributed by atoms with van der Waals surface area (Å²) in [6, 6.07) is 32.4. The predicted molar refractivity (Wildman–Crippen MR) is 129 cm³/mol. The molecule has 0 amide bonds. The van der Waals surface area contributed by atoms with E-state index in [-0.39, 0.29) is 0 Å². The first-order valence-electron chi connectivity index (χ1n) is 10.1. The molecule has 2 nitrogen and oxygen atoms in total. The highest BCUT2D eigenvalue weighted by atomic mass is 32.1. The summed E-state index contributed by atoms with van der Waals surface area (Å²) in [5.41, 5.74) is 4.73. The molecule has 0 aliphatic heterocycles. The number of aromatic nitrogens is 2. The van der Waals surface area contributed by atoms with Crippen LogP contribution in [0.4, 0.5) is 0 Å². The van der Waals surface area contributed by atoms with Gasteiger partial charge in [0.15, 0.2) is 0 Å². The second-order valence-corrected chi connectivity index (χ2v) is 8.70. The molecule has 0 saturated carbocycles. The lowest BCUT2D eigenvalue weighted by Gasteiger charge is -2.08. The highest BCUT2D eigenvalue weighted by Gasteiger charge is 2.18. The average molecular weight is 401 g/mol. The lowest BCUT2D eigenvalue weighted by molar-refractivity contribution is 1.18. The highest BCUT2D eigenvalue weighted by Crippen LogP contribution is 2.43. The van der Waals surface area contributed by atoms with Crippen molar-refractivity contribution in [2.24, 2.45) is 0 Å². The monoisotopic (exact) mass is 400 g/mol. The first-order valence-corrected chi connectivity index (χ1v) is 10.9. The van der Waals surface area contributed by atoms with Crippen LogP contribution >= 0.6 is 11.3 Å². The van der Waals surface area contributed by atoms with Crippen LogP contribution in [0.3, 0.4) is 0 Å². The van der Waals surface area contributed by atoms with Crippen molar-refractivity contribution in [1.82, 2.24) is 9.55 Å². The van der Waals surface area contributed by atoms with Crippen LogP contribution in [0.2, 0.25) is 0 Å². The summed E-state index contributed by atoms with van der Waals surface area (Å²) in [6.45, 7) is 0. The largest absolute Gasteiger partial charge is 0.309 e. The van der Waals surface area contributed by atoms with Gasteiger partial charge < -0.3 is 4.57 Å². The van der Waals surface area contributed by atoms with Crippen molar-refractivity contribution in [1.29, 1.82) is 0 Å². The van der Waals surface area contributed by atoms with Crippen LogP contribution in [-0.4, -0.2) is 9.55 Å². The minimum absolute atomic E-state index is 1.08. The van der Waals surface area contributed by atoms with E-state index < -0.39 is 0 Å². The molecule has 0 spiro atoms. The van der Waals surface area contributed by atoms with Crippen molar-refractivity contribution in [3.8, 4) is 5.69 Å². The van der Waals surface area contributed by atoms with E-state index in [2.05, 4.69) is 95.6 Å². The van der Waals surface area contributed by atoms with Crippen molar-refractivity contribution >= 4 is 64.2 Å². The Bertz CT molecular complexity index is 1740. The zero-order valence-electron chi connectivity index (χ0n) is 16.0. The predicted octanol–water partition coefficient (Wildman–Crippen LogP) is 7.70. The Morgan fingerprint density at radius 1 is 0.633 bits per heavy atom. The molecule has 0 N–H and O–H groups in total. The van der Waals surface area contributed by atoms with Gasteiger partial charge in [-0.25, -0.2) is 0 Å². The summed E-state index contributed by atoms with van der Waals surface area (Å²) in [5.74, 6) is 0. The molecule has 0 radical (unpaired) electrons. The van der Waals surface area contributed by atoms with Gasteiger partial charge in [0, 0.05) is 43.5 Å². The fourth-order valence-electron chi connectivity index (χ4n) is 4.76. The SMILES string of the molecule is c1ccc(-n2c3cccc4sc5c6ccccc6cnc5c5cccc2c5c43)cc1. The maximum absolute atomic E-state index is 4.95. The fourth-order valence-corrected chi connectivity index (χ4v) is 5.99. The molecule has 0 saturated heterocycles. The summed E-state index contributed by atoms with van der Waals surface area (Å²) < 4.78 is 4.91. The lowest BCUT2D eigenvalue weighted by Crippen LogP contribution is -1.92. The molecule has 3 heteroatoms. The quantitative estimate of drug-likeness (QED) is 0.276. The van der Waals surface area contributed by atoms with Gasteiger partial charge in [-0.15, -0.1) is 11.3 Å². The van der Waals surface area contributed by atoms with Crippen molar-refractivity contribution in [2.75, 3.05) is 0 Å². The molecule has 3 aromatic heterocycles. The Labute approximate surface area is 176 Å². The number of benzene rings is 4. The zero-order chi connectivity index (χ0) is 19.7. The minimum Gasteiger partial charge on any atom is -0.309 e.